The number of nitrogens with one attached hydrogen (secondary N) is 1. The Morgan fingerprint density at radius 3 is 2.63 bits per heavy atom. The van der Waals surface area contributed by atoms with Crippen molar-refractivity contribution in [2.75, 3.05) is 17.6 Å². The van der Waals surface area contributed by atoms with Gasteiger partial charge in [0.05, 0.1) is 22.4 Å². The molecule has 27 heavy (non-hydrogen) atoms. The maximum atomic E-state index is 14.9. The quantitative estimate of drug-likeness (QED) is 0.613. The number of rotatable bonds is 5. The van der Waals surface area contributed by atoms with Crippen LogP contribution in [0, 0.1) is 5.82 Å². The van der Waals surface area contributed by atoms with Gasteiger partial charge in [-0.15, -0.1) is 0 Å². The van der Waals surface area contributed by atoms with Gasteiger partial charge in [-0.05, 0) is 39.8 Å². The molecule has 1 aromatic carbocycles. The zero-order chi connectivity index (χ0) is 19.9. The molecule has 0 saturated heterocycles. The van der Waals surface area contributed by atoms with E-state index >= 15 is 0 Å². The number of nitrogen functional groups attached to an aromatic ring is 1. The third-order valence-corrected chi connectivity index (χ3v) is 4.54. The van der Waals surface area contributed by atoms with Crippen LogP contribution in [-0.4, -0.2) is 31.6 Å². The molecule has 0 atom stereocenters. The third-order valence-electron chi connectivity index (χ3n) is 4.26. The fourth-order valence-corrected chi connectivity index (χ4v) is 3.04. The van der Waals surface area contributed by atoms with Gasteiger partial charge in [-0.3, -0.25) is 0 Å². The standard InChI is InChI=1S/C18H23ClFN7/c1-9(2)27-13-6-10(14-11(19)7-23-16(22)24-14)5-12(20)15(13)25-17(27)26-18(3,4)8-21/h5-7,9H,8,21H2,1-4H3,(H,25,26)(H2,22,23,24). The van der Waals surface area contributed by atoms with Crippen molar-refractivity contribution in [3.05, 3.63) is 29.2 Å². The molecular formula is C18H23ClFN7. The number of imidazole rings is 1. The van der Waals surface area contributed by atoms with Gasteiger partial charge in [0, 0.05) is 23.7 Å². The summed E-state index contributed by atoms with van der Waals surface area (Å²) in [6.45, 7) is 8.33. The van der Waals surface area contributed by atoms with Gasteiger partial charge in [-0.25, -0.2) is 19.3 Å². The number of nitrogens with two attached hydrogens (primary N) is 2. The summed E-state index contributed by atoms with van der Waals surface area (Å²) in [6, 6.07) is 3.19. The summed E-state index contributed by atoms with van der Waals surface area (Å²) in [5.74, 6) is 0.155. The minimum absolute atomic E-state index is 0.0339. The SMILES string of the molecule is CC(C)n1c(NC(C)(C)CN)nc2c(F)cc(-c3nc(N)ncc3Cl)cc21. The van der Waals surface area contributed by atoms with Gasteiger partial charge in [0.2, 0.25) is 11.9 Å². The van der Waals surface area contributed by atoms with E-state index in [1.54, 1.807) is 6.07 Å². The fraction of sp³-hybridized carbons (Fsp3) is 0.389. The Labute approximate surface area is 162 Å². The van der Waals surface area contributed by atoms with Crippen molar-refractivity contribution >= 4 is 34.5 Å². The minimum Gasteiger partial charge on any atom is -0.368 e. The monoisotopic (exact) mass is 391 g/mol. The molecule has 3 rings (SSSR count). The van der Waals surface area contributed by atoms with E-state index in [1.165, 1.54) is 12.3 Å². The average Bonchev–Trinajstić information content (AvgIpc) is 2.95. The normalized spacial score (nSPS) is 12.1. The molecule has 7 nitrogen and oxygen atoms in total. The highest BCUT2D eigenvalue weighted by Gasteiger charge is 2.23. The Morgan fingerprint density at radius 2 is 2.00 bits per heavy atom. The summed E-state index contributed by atoms with van der Waals surface area (Å²) < 4.78 is 16.8. The van der Waals surface area contributed by atoms with Crippen LogP contribution in [0.1, 0.15) is 33.7 Å². The molecule has 0 amide bonds. The van der Waals surface area contributed by atoms with E-state index in [9.17, 15) is 4.39 Å². The Hall–Kier alpha value is -2.45. The van der Waals surface area contributed by atoms with Crippen LogP contribution >= 0.6 is 11.6 Å². The van der Waals surface area contributed by atoms with E-state index < -0.39 is 11.4 Å². The molecule has 144 valence electrons. The topological polar surface area (TPSA) is 108 Å². The number of fused-ring (bicyclic) bond motifs is 1. The smallest absolute Gasteiger partial charge is 0.220 e. The highest BCUT2D eigenvalue weighted by molar-refractivity contribution is 6.33. The van der Waals surface area contributed by atoms with Crippen LogP contribution in [-0.2, 0) is 0 Å². The van der Waals surface area contributed by atoms with E-state index in [0.29, 0.717) is 34.3 Å². The maximum absolute atomic E-state index is 14.9. The van der Waals surface area contributed by atoms with Gasteiger partial charge in [0.25, 0.3) is 0 Å². The van der Waals surface area contributed by atoms with Crippen molar-refractivity contribution in [2.24, 2.45) is 5.73 Å². The Kier molecular flexibility index (Phi) is 4.96. The lowest BCUT2D eigenvalue weighted by molar-refractivity contribution is 0.552. The van der Waals surface area contributed by atoms with Gasteiger partial charge in [-0.1, -0.05) is 11.6 Å². The van der Waals surface area contributed by atoms with Crippen molar-refractivity contribution < 1.29 is 4.39 Å². The van der Waals surface area contributed by atoms with E-state index in [4.69, 9.17) is 23.1 Å². The van der Waals surface area contributed by atoms with Crippen LogP contribution in [0.5, 0.6) is 0 Å². The number of nitrogens with zero attached hydrogens (tertiary/aromatic N) is 4. The van der Waals surface area contributed by atoms with Gasteiger partial charge in [-0.2, -0.15) is 0 Å². The van der Waals surface area contributed by atoms with E-state index in [1.807, 2.05) is 32.3 Å². The van der Waals surface area contributed by atoms with Crippen LogP contribution < -0.4 is 16.8 Å². The first-order valence-electron chi connectivity index (χ1n) is 8.61. The summed E-state index contributed by atoms with van der Waals surface area (Å²) in [6.07, 6.45) is 1.40. The Balaban J connectivity index is 2.25. The molecule has 0 radical (unpaired) electrons. The lowest BCUT2D eigenvalue weighted by atomic mass is 10.1. The highest BCUT2D eigenvalue weighted by Crippen LogP contribution is 2.33. The molecule has 2 aromatic heterocycles. The molecule has 0 spiro atoms. The second kappa shape index (κ2) is 6.94. The van der Waals surface area contributed by atoms with Crippen LogP contribution in [0.3, 0.4) is 0 Å². The molecular weight excluding hydrogens is 369 g/mol. The number of benzene rings is 1. The molecule has 0 aliphatic rings. The molecule has 5 N–H and O–H groups in total. The molecule has 0 unspecified atom stereocenters. The Morgan fingerprint density at radius 1 is 1.30 bits per heavy atom. The number of anilines is 2. The molecule has 0 aliphatic heterocycles. The first-order chi connectivity index (χ1) is 12.6. The van der Waals surface area contributed by atoms with Gasteiger partial charge in [0.1, 0.15) is 5.52 Å². The number of hydrogen-bond acceptors (Lipinski definition) is 6. The second-order valence-electron chi connectivity index (χ2n) is 7.36. The minimum atomic E-state index is -0.469. The predicted octanol–water partition coefficient (Wildman–Crippen LogP) is 3.60. The molecule has 3 aromatic rings. The molecule has 0 aliphatic carbocycles. The van der Waals surface area contributed by atoms with Crippen molar-refractivity contribution in [3.63, 3.8) is 0 Å². The van der Waals surface area contributed by atoms with Crippen LogP contribution in [0.15, 0.2) is 18.3 Å². The highest BCUT2D eigenvalue weighted by atomic mass is 35.5. The third kappa shape index (κ3) is 3.68. The summed E-state index contributed by atoms with van der Waals surface area (Å²) in [5, 5.41) is 3.60. The lowest BCUT2D eigenvalue weighted by Crippen LogP contribution is -2.40. The van der Waals surface area contributed by atoms with Crippen LogP contribution in [0.2, 0.25) is 5.02 Å². The van der Waals surface area contributed by atoms with Crippen molar-refractivity contribution in [2.45, 2.75) is 39.3 Å². The first-order valence-corrected chi connectivity index (χ1v) is 8.99. The van der Waals surface area contributed by atoms with E-state index in [-0.39, 0.29) is 17.5 Å². The second-order valence-corrected chi connectivity index (χ2v) is 7.77. The fourth-order valence-electron chi connectivity index (χ4n) is 2.84. The van der Waals surface area contributed by atoms with Crippen LogP contribution in [0.4, 0.5) is 16.3 Å². The first kappa shape index (κ1) is 19.3. The number of halogens is 2. The molecule has 2 heterocycles. The van der Waals surface area contributed by atoms with Gasteiger partial charge in [0.15, 0.2) is 5.82 Å². The van der Waals surface area contributed by atoms with Crippen molar-refractivity contribution in [1.29, 1.82) is 0 Å². The summed E-state index contributed by atoms with van der Waals surface area (Å²) in [4.78, 5) is 12.5. The zero-order valence-corrected chi connectivity index (χ0v) is 16.5. The molecule has 0 saturated carbocycles. The number of hydrogen-bond donors (Lipinski definition) is 3. The summed E-state index contributed by atoms with van der Waals surface area (Å²) in [7, 11) is 0. The van der Waals surface area contributed by atoms with Gasteiger partial charge < -0.3 is 21.4 Å². The molecule has 0 bridgehead atoms. The zero-order valence-electron chi connectivity index (χ0n) is 15.7. The van der Waals surface area contributed by atoms with Crippen LogP contribution in [0.25, 0.3) is 22.3 Å². The van der Waals surface area contributed by atoms with E-state index in [2.05, 4.69) is 20.3 Å². The predicted molar refractivity (Wildman–Crippen MR) is 107 cm³/mol. The Bertz CT molecular complexity index is 997. The average molecular weight is 392 g/mol. The maximum Gasteiger partial charge on any atom is 0.220 e. The largest absolute Gasteiger partial charge is 0.368 e. The number of aromatic nitrogens is 4. The summed E-state index contributed by atoms with van der Waals surface area (Å²) in [5.41, 5.74) is 12.9. The molecule has 9 heteroatoms. The molecule has 0 fully saturated rings. The van der Waals surface area contributed by atoms with Crippen molar-refractivity contribution in [1.82, 2.24) is 19.5 Å². The van der Waals surface area contributed by atoms with E-state index in [0.717, 1.165) is 0 Å². The van der Waals surface area contributed by atoms with Gasteiger partial charge >= 0.3 is 0 Å². The van der Waals surface area contributed by atoms with Crippen molar-refractivity contribution in [3.8, 4) is 11.3 Å². The summed E-state index contributed by atoms with van der Waals surface area (Å²) >= 11 is 6.20. The lowest BCUT2D eigenvalue weighted by Gasteiger charge is -2.26.